The first-order chi connectivity index (χ1) is 9.88. The lowest BCUT2D eigenvalue weighted by Gasteiger charge is -2.11. The number of hydrogen-bond donors (Lipinski definition) is 1. The van der Waals surface area contributed by atoms with Gasteiger partial charge < -0.3 is 0 Å². The van der Waals surface area contributed by atoms with E-state index >= 15 is 0 Å². The van der Waals surface area contributed by atoms with Crippen molar-refractivity contribution in [2.45, 2.75) is 34.6 Å². The molecule has 2 aromatic heterocycles. The molecular formula is C17H19N3O. The van der Waals surface area contributed by atoms with Crippen molar-refractivity contribution >= 4 is 5.65 Å². The first kappa shape index (κ1) is 13.6. The molecule has 0 spiro atoms. The molecule has 0 bridgehead atoms. The van der Waals surface area contributed by atoms with Gasteiger partial charge in [0.15, 0.2) is 5.65 Å². The van der Waals surface area contributed by atoms with Crippen LogP contribution in [0.3, 0.4) is 0 Å². The average molecular weight is 281 g/mol. The Morgan fingerprint density at radius 1 is 0.952 bits per heavy atom. The summed E-state index contributed by atoms with van der Waals surface area (Å²) in [5.41, 5.74) is 8.15. The van der Waals surface area contributed by atoms with Gasteiger partial charge in [-0.15, -0.1) is 0 Å². The number of benzene rings is 1. The quantitative estimate of drug-likeness (QED) is 0.744. The Kier molecular flexibility index (Phi) is 2.97. The van der Waals surface area contributed by atoms with Crippen molar-refractivity contribution in [1.82, 2.24) is 14.6 Å². The van der Waals surface area contributed by atoms with Gasteiger partial charge in [0.25, 0.3) is 5.56 Å². The van der Waals surface area contributed by atoms with Crippen molar-refractivity contribution in [3.8, 4) is 11.1 Å². The largest absolute Gasteiger partial charge is 0.293 e. The fraction of sp³-hybridized carbons (Fsp3) is 0.294. The Bertz CT molecular complexity index is 893. The smallest absolute Gasteiger partial charge is 0.272 e. The molecule has 0 atom stereocenters. The maximum Gasteiger partial charge on any atom is 0.272 e. The van der Waals surface area contributed by atoms with E-state index < -0.39 is 0 Å². The van der Waals surface area contributed by atoms with Crippen LogP contribution < -0.4 is 5.56 Å². The monoisotopic (exact) mass is 281 g/mol. The molecule has 21 heavy (non-hydrogen) atoms. The Hall–Kier alpha value is -2.36. The van der Waals surface area contributed by atoms with Crippen molar-refractivity contribution in [3.63, 3.8) is 0 Å². The molecule has 2 heterocycles. The van der Waals surface area contributed by atoms with E-state index in [1.54, 1.807) is 6.07 Å². The lowest BCUT2D eigenvalue weighted by molar-refractivity contribution is 0.873. The third-order valence-corrected chi connectivity index (χ3v) is 3.85. The topological polar surface area (TPSA) is 50.2 Å². The van der Waals surface area contributed by atoms with Crippen LogP contribution in [0.25, 0.3) is 16.8 Å². The van der Waals surface area contributed by atoms with Gasteiger partial charge in [-0.3, -0.25) is 9.89 Å². The van der Waals surface area contributed by atoms with E-state index in [2.05, 4.69) is 43.0 Å². The second-order valence-electron chi connectivity index (χ2n) is 5.78. The molecular weight excluding hydrogens is 262 g/mol. The molecule has 1 N–H and O–H groups in total. The number of nitrogens with one attached hydrogen (secondary N) is 1. The fourth-order valence-electron chi connectivity index (χ4n) is 3.14. The minimum absolute atomic E-state index is 0.0748. The van der Waals surface area contributed by atoms with Crippen LogP contribution in [-0.2, 0) is 0 Å². The molecule has 0 aliphatic rings. The summed E-state index contributed by atoms with van der Waals surface area (Å²) >= 11 is 0. The van der Waals surface area contributed by atoms with Crippen LogP contribution in [0.15, 0.2) is 23.0 Å². The van der Waals surface area contributed by atoms with Gasteiger partial charge in [-0.05, 0) is 51.3 Å². The third-order valence-electron chi connectivity index (χ3n) is 3.85. The summed E-state index contributed by atoms with van der Waals surface area (Å²) in [7, 11) is 0. The fourth-order valence-corrected chi connectivity index (χ4v) is 3.14. The summed E-state index contributed by atoms with van der Waals surface area (Å²) in [5.74, 6) is 0. The Morgan fingerprint density at radius 2 is 1.57 bits per heavy atom. The van der Waals surface area contributed by atoms with Crippen molar-refractivity contribution in [3.05, 3.63) is 56.6 Å². The maximum absolute atomic E-state index is 12.1. The highest BCUT2D eigenvalue weighted by molar-refractivity contribution is 5.84. The molecule has 0 saturated heterocycles. The van der Waals surface area contributed by atoms with Crippen LogP contribution in [0.2, 0.25) is 0 Å². The predicted molar refractivity (Wildman–Crippen MR) is 84.9 cm³/mol. The summed E-state index contributed by atoms with van der Waals surface area (Å²) in [6.45, 7) is 10.1. The molecule has 0 saturated carbocycles. The number of aryl methyl sites for hydroxylation is 5. The van der Waals surface area contributed by atoms with Gasteiger partial charge in [0.1, 0.15) is 0 Å². The van der Waals surface area contributed by atoms with Gasteiger partial charge >= 0.3 is 0 Å². The van der Waals surface area contributed by atoms with E-state index in [9.17, 15) is 4.79 Å². The van der Waals surface area contributed by atoms with Crippen LogP contribution in [0.5, 0.6) is 0 Å². The lowest BCUT2D eigenvalue weighted by atomic mass is 9.94. The molecule has 4 heteroatoms. The summed E-state index contributed by atoms with van der Waals surface area (Å²) in [4.78, 5) is 16.7. The molecule has 0 radical (unpaired) electrons. The molecule has 0 fully saturated rings. The zero-order valence-corrected chi connectivity index (χ0v) is 13.0. The summed E-state index contributed by atoms with van der Waals surface area (Å²) in [6, 6.07) is 5.87. The number of aromatic amines is 1. The van der Waals surface area contributed by atoms with Crippen LogP contribution in [0, 0.1) is 34.6 Å². The number of aromatic nitrogens is 3. The first-order valence-corrected chi connectivity index (χ1v) is 7.05. The number of fused-ring (bicyclic) bond motifs is 1. The van der Waals surface area contributed by atoms with E-state index in [-0.39, 0.29) is 5.56 Å². The highest BCUT2D eigenvalue weighted by Crippen LogP contribution is 2.32. The molecule has 3 rings (SSSR count). The van der Waals surface area contributed by atoms with Gasteiger partial charge in [0.2, 0.25) is 0 Å². The number of nitrogens with zero attached hydrogens (tertiary/aromatic N) is 2. The minimum Gasteiger partial charge on any atom is -0.293 e. The van der Waals surface area contributed by atoms with E-state index in [4.69, 9.17) is 0 Å². The highest BCUT2D eigenvalue weighted by Gasteiger charge is 2.17. The third kappa shape index (κ3) is 2.07. The Morgan fingerprint density at radius 3 is 2.19 bits per heavy atom. The molecule has 4 nitrogen and oxygen atoms in total. The first-order valence-electron chi connectivity index (χ1n) is 7.05. The number of hydrogen-bond acceptors (Lipinski definition) is 2. The van der Waals surface area contributed by atoms with Crippen molar-refractivity contribution in [2.24, 2.45) is 0 Å². The van der Waals surface area contributed by atoms with Crippen LogP contribution >= 0.6 is 0 Å². The van der Waals surface area contributed by atoms with E-state index in [1.165, 1.54) is 21.2 Å². The van der Waals surface area contributed by atoms with Gasteiger partial charge in [-0.2, -0.15) is 0 Å². The number of H-pyrrole nitrogens is 1. The molecule has 0 aliphatic carbocycles. The second-order valence-corrected chi connectivity index (χ2v) is 5.78. The summed E-state index contributed by atoms with van der Waals surface area (Å²) in [6.07, 6.45) is 0. The lowest BCUT2D eigenvalue weighted by Crippen LogP contribution is -2.14. The molecule has 0 unspecified atom stereocenters. The van der Waals surface area contributed by atoms with Gasteiger partial charge in [-0.1, -0.05) is 17.7 Å². The van der Waals surface area contributed by atoms with Crippen LogP contribution in [0.4, 0.5) is 0 Å². The summed E-state index contributed by atoms with van der Waals surface area (Å²) < 4.78 is 1.52. The predicted octanol–water partition coefficient (Wildman–Crippen LogP) is 3.23. The molecule has 0 aliphatic heterocycles. The van der Waals surface area contributed by atoms with Gasteiger partial charge in [0.05, 0.1) is 0 Å². The van der Waals surface area contributed by atoms with Crippen LogP contribution in [-0.4, -0.2) is 14.6 Å². The molecule has 3 aromatic rings. The van der Waals surface area contributed by atoms with E-state index in [1.807, 2.05) is 13.8 Å². The van der Waals surface area contributed by atoms with Crippen molar-refractivity contribution < 1.29 is 0 Å². The standard InChI is InChI=1S/C17H19N3O/c1-9-6-10(2)15(11(3)7-9)16-13(5)19-20-14(21)8-12(4)18-17(16)20/h6-8,19H,1-5H3. The van der Waals surface area contributed by atoms with Crippen molar-refractivity contribution in [2.75, 3.05) is 0 Å². The highest BCUT2D eigenvalue weighted by atomic mass is 16.1. The maximum atomic E-state index is 12.1. The van der Waals surface area contributed by atoms with Gasteiger partial charge in [-0.25, -0.2) is 9.50 Å². The zero-order valence-electron chi connectivity index (χ0n) is 13.0. The summed E-state index contributed by atoms with van der Waals surface area (Å²) in [5, 5.41) is 3.13. The second kappa shape index (κ2) is 4.58. The Balaban J connectivity index is 2.47. The zero-order chi connectivity index (χ0) is 15.3. The molecule has 0 amide bonds. The number of rotatable bonds is 1. The minimum atomic E-state index is -0.0748. The molecule has 108 valence electrons. The van der Waals surface area contributed by atoms with E-state index in [0.717, 1.165) is 22.5 Å². The van der Waals surface area contributed by atoms with E-state index in [0.29, 0.717) is 5.65 Å². The van der Waals surface area contributed by atoms with Crippen molar-refractivity contribution in [1.29, 1.82) is 0 Å². The van der Waals surface area contributed by atoms with Crippen LogP contribution in [0.1, 0.15) is 28.1 Å². The van der Waals surface area contributed by atoms with Gasteiger partial charge in [0, 0.05) is 23.0 Å². The normalized spacial score (nSPS) is 11.3. The Labute approximate surface area is 123 Å². The SMILES string of the molecule is Cc1cc(C)c(-c2c(C)[nH]n3c(=O)cc(C)nc23)c(C)c1. The average Bonchev–Trinajstić information content (AvgIpc) is 2.66. The molecule has 1 aromatic carbocycles.